The van der Waals surface area contributed by atoms with E-state index in [1.54, 1.807) is 6.07 Å². The summed E-state index contributed by atoms with van der Waals surface area (Å²) in [5.74, 6) is -0.310. The molecule has 1 heterocycles. The quantitative estimate of drug-likeness (QED) is 0.925. The molecule has 104 valence electrons. The van der Waals surface area contributed by atoms with E-state index in [9.17, 15) is 4.39 Å². The van der Waals surface area contributed by atoms with Gasteiger partial charge in [-0.3, -0.25) is 0 Å². The van der Waals surface area contributed by atoms with Gasteiger partial charge in [-0.25, -0.2) is 4.39 Å². The molecule has 2 atom stereocenters. The zero-order valence-electron chi connectivity index (χ0n) is 10.9. The molecule has 0 spiro atoms. The third kappa shape index (κ3) is 2.85. The fourth-order valence-corrected chi connectivity index (χ4v) is 4.08. The van der Waals surface area contributed by atoms with Crippen LogP contribution in [0.5, 0.6) is 0 Å². The van der Waals surface area contributed by atoms with Crippen LogP contribution in [0.15, 0.2) is 47.4 Å². The number of rotatable bonds is 3. The Morgan fingerprint density at radius 2 is 2.10 bits per heavy atom. The number of fused-ring (bicyclic) bond motifs is 1. The van der Waals surface area contributed by atoms with Crippen molar-refractivity contribution in [3.8, 4) is 0 Å². The Bertz CT molecular complexity index is 607. The minimum Gasteiger partial charge on any atom is -0.326 e. The molecule has 4 heteroatoms. The number of hydrogen-bond acceptors (Lipinski definition) is 2. The third-order valence-corrected chi connectivity index (χ3v) is 5.44. The van der Waals surface area contributed by atoms with Gasteiger partial charge < -0.3 is 5.73 Å². The first-order valence-electron chi connectivity index (χ1n) is 6.57. The Hall–Kier alpha value is -1.03. The topological polar surface area (TPSA) is 26.0 Å². The van der Waals surface area contributed by atoms with Gasteiger partial charge in [0.05, 0.1) is 0 Å². The number of hydrogen-bond donors (Lipinski definition) is 1. The van der Waals surface area contributed by atoms with E-state index in [4.69, 9.17) is 17.3 Å². The Morgan fingerprint density at radius 1 is 1.30 bits per heavy atom. The number of benzene rings is 2. The molecule has 2 unspecified atom stereocenters. The molecule has 1 nitrogen and oxygen atoms in total. The predicted molar refractivity (Wildman–Crippen MR) is 82.9 cm³/mol. The molecule has 0 aliphatic carbocycles. The molecular weight excluding hydrogens is 293 g/mol. The van der Waals surface area contributed by atoms with Gasteiger partial charge in [-0.05, 0) is 42.2 Å². The highest BCUT2D eigenvalue weighted by Gasteiger charge is 2.27. The van der Waals surface area contributed by atoms with Crippen molar-refractivity contribution in [1.29, 1.82) is 0 Å². The van der Waals surface area contributed by atoms with Crippen LogP contribution in [0.25, 0.3) is 0 Å². The molecule has 0 saturated heterocycles. The number of halogens is 2. The fourth-order valence-electron chi connectivity index (χ4n) is 2.52. The van der Waals surface area contributed by atoms with Gasteiger partial charge in [-0.1, -0.05) is 35.9 Å². The Morgan fingerprint density at radius 3 is 2.85 bits per heavy atom. The number of thioether (sulfide) groups is 1. The van der Waals surface area contributed by atoms with E-state index < -0.39 is 0 Å². The van der Waals surface area contributed by atoms with Crippen LogP contribution in [0.3, 0.4) is 0 Å². The summed E-state index contributed by atoms with van der Waals surface area (Å²) in [6.45, 7) is 0. The van der Waals surface area contributed by atoms with Crippen molar-refractivity contribution in [2.24, 2.45) is 5.73 Å². The van der Waals surface area contributed by atoms with E-state index >= 15 is 0 Å². The molecule has 1 aliphatic rings. The van der Waals surface area contributed by atoms with Gasteiger partial charge >= 0.3 is 0 Å². The monoisotopic (exact) mass is 307 g/mol. The van der Waals surface area contributed by atoms with Crippen LogP contribution in [-0.2, 0) is 12.8 Å². The molecule has 2 aromatic rings. The summed E-state index contributed by atoms with van der Waals surface area (Å²) in [4.78, 5) is 1.32. The lowest BCUT2D eigenvalue weighted by Crippen LogP contribution is -2.34. The maximum atomic E-state index is 13.0. The highest BCUT2D eigenvalue weighted by atomic mass is 35.5. The minimum atomic E-state index is -0.310. The smallest absolute Gasteiger partial charge is 0.124 e. The van der Waals surface area contributed by atoms with Gasteiger partial charge in [-0.2, -0.15) is 0 Å². The van der Waals surface area contributed by atoms with E-state index in [1.165, 1.54) is 22.6 Å². The molecule has 0 bridgehead atoms. The van der Waals surface area contributed by atoms with E-state index in [0.29, 0.717) is 16.7 Å². The first-order valence-corrected chi connectivity index (χ1v) is 7.83. The zero-order chi connectivity index (χ0) is 14.1. The molecular formula is C16H15ClFNS. The standard InChI is InChI=1S/C16H15ClFNS/c17-13-9-12(18)6-5-10(13)7-14(19)16-8-11-3-1-2-4-15(11)20-16/h1-6,9,14,16H,7-8,19H2. The van der Waals surface area contributed by atoms with Crippen LogP contribution in [0.4, 0.5) is 4.39 Å². The lowest BCUT2D eigenvalue weighted by Gasteiger charge is -2.18. The van der Waals surface area contributed by atoms with E-state index in [1.807, 2.05) is 11.8 Å². The van der Waals surface area contributed by atoms with Gasteiger partial charge in [-0.15, -0.1) is 11.8 Å². The summed E-state index contributed by atoms with van der Waals surface area (Å²) in [5.41, 5.74) is 8.60. The molecule has 2 aromatic carbocycles. The molecule has 0 saturated carbocycles. The average Bonchev–Trinajstić information content (AvgIpc) is 2.86. The van der Waals surface area contributed by atoms with Crippen LogP contribution >= 0.6 is 23.4 Å². The summed E-state index contributed by atoms with van der Waals surface area (Å²) in [6.07, 6.45) is 1.66. The maximum absolute atomic E-state index is 13.0. The zero-order valence-corrected chi connectivity index (χ0v) is 12.4. The molecule has 3 rings (SSSR count). The Balaban J connectivity index is 1.70. The van der Waals surface area contributed by atoms with Crippen molar-refractivity contribution in [2.75, 3.05) is 0 Å². The van der Waals surface area contributed by atoms with Gasteiger partial charge in [0.25, 0.3) is 0 Å². The summed E-state index contributed by atoms with van der Waals surface area (Å²) in [7, 11) is 0. The first kappa shape index (κ1) is 13.9. The molecule has 2 N–H and O–H groups in total. The molecule has 0 amide bonds. The van der Waals surface area contributed by atoms with Gasteiger partial charge in [0, 0.05) is 21.2 Å². The number of nitrogens with two attached hydrogens (primary N) is 1. The van der Waals surface area contributed by atoms with Crippen LogP contribution in [0, 0.1) is 5.82 Å². The molecule has 0 radical (unpaired) electrons. The minimum absolute atomic E-state index is 0.00959. The van der Waals surface area contributed by atoms with Gasteiger partial charge in [0.15, 0.2) is 0 Å². The van der Waals surface area contributed by atoms with Crippen LogP contribution in [0.2, 0.25) is 5.02 Å². The van der Waals surface area contributed by atoms with Crippen molar-refractivity contribution in [3.05, 3.63) is 64.4 Å². The maximum Gasteiger partial charge on any atom is 0.124 e. The third-order valence-electron chi connectivity index (χ3n) is 3.62. The Labute approximate surface area is 127 Å². The SMILES string of the molecule is NC(Cc1ccc(F)cc1Cl)C1Cc2ccccc2S1. The molecule has 0 fully saturated rings. The van der Waals surface area contributed by atoms with Crippen LogP contribution < -0.4 is 5.73 Å². The summed E-state index contributed by atoms with van der Waals surface area (Å²) < 4.78 is 13.0. The lowest BCUT2D eigenvalue weighted by molar-refractivity contribution is 0.618. The summed E-state index contributed by atoms with van der Waals surface area (Å²) in [6, 6.07) is 12.9. The summed E-state index contributed by atoms with van der Waals surface area (Å²) >= 11 is 7.90. The largest absolute Gasteiger partial charge is 0.326 e. The first-order chi connectivity index (χ1) is 9.63. The second kappa shape index (κ2) is 5.76. The van der Waals surface area contributed by atoms with Gasteiger partial charge in [0.2, 0.25) is 0 Å². The average molecular weight is 308 g/mol. The normalized spacial score (nSPS) is 18.9. The molecule has 20 heavy (non-hydrogen) atoms. The highest BCUT2D eigenvalue weighted by molar-refractivity contribution is 8.00. The van der Waals surface area contributed by atoms with Crippen LogP contribution in [0.1, 0.15) is 11.1 Å². The van der Waals surface area contributed by atoms with Crippen LogP contribution in [-0.4, -0.2) is 11.3 Å². The highest BCUT2D eigenvalue weighted by Crippen LogP contribution is 2.38. The predicted octanol–water partition coefficient (Wildman–Crippen LogP) is 4.07. The second-order valence-electron chi connectivity index (χ2n) is 5.07. The van der Waals surface area contributed by atoms with Gasteiger partial charge in [0.1, 0.15) is 5.82 Å². The van der Waals surface area contributed by atoms with Crippen molar-refractivity contribution in [2.45, 2.75) is 29.0 Å². The van der Waals surface area contributed by atoms with Crippen molar-refractivity contribution < 1.29 is 4.39 Å². The summed E-state index contributed by atoms with van der Waals surface area (Å²) in [5, 5.41) is 0.814. The van der Waals surface area contributed by atoms with Crippen molar-refractivity contribution in [1.82, 2.24) is 0 Å². The van der Waals surface area contributed by atoms with Crippen molar-refractivity contribution >= 4 is 23.4 Å². The second-order valence-corrected chi connectivity index (χ2v) is 6.76. The van der Waals surface area contributed by atoms with E-state index in [2.05, 4.69) is 24.3 Å². The fraction of sp³-hybridized carbons (Fsp3) is 0.250. The van der Waals surface area contributed by atoms with Crippen molar-refractivity contribution in [3.63, 3.8) is 0 Å². The Kier molecular flexibility index (Phi) is 4.01. The molecule has 0 aromatic heterocycles. The van der Waals surface area contributed by atoms with E-state index in [-0.39, 0.29) is 11.9 Å². The van der Waals surface area contributed by atoms with E-state index in [0.717, 1.165) is 12.0 Å². The lowest BCUT2D eigenvalue weighted by atomic mass is 9.99. The molecule has 1 aliphatic heterocycles.